The van der Waals surface area contributed by atoms with Crippen molar-refractivity contribution < 1.29 is 19.6 Å². The Morgan fingerprint density at radius 2 is 1.81 bits per heavy atom. The fraction of sp³-hybridized carbons (Fsp3) is 0.0714. The lowest BCUT2D eigenvalue weighted by atomic mass is 10.1. The second kappa shape index (κ2) is 5.91. The van der Waals surface area contributed by atoms with Crippen molar-refractivity contribution in [1.29, 1.82) is 0 Å². The molecule has 0 aromatic heterocycles. The third-order valence-corrected chi connectivity index (χ3v) is 2.80. The second-order valence-electron chi connectivity index (χ2n) is 4.15. The van der Waals surface area contributed by atoms with Gasteiger partial charge in [0.15, 0.2) is 0 Å². The molecule has 0 saturated heterocycles. The van der Waals surface area contributed by atoms with Crippen molar-refractivity contribution in [3.63, 3.8) is 0 Å². The predicted molar refractivity (Wildman–Crippen MR) is 76.3 cm³/mol. The first kappa shape index (κ1) is 14.3. The van der Waals surface area contributed by atoms with Crippen LogP contribution in [0.1, 0.15) is 10.4 Å². The Bertz CT molecular complexity index is 682. The molecule has 2 N–H and O–H groups in total. The van der Waals surface area contributed by atoms with E-state index in [1.54, 1.807) is 31.4 Å². The predicted octanol–water partition coefficient (Wildman–Crippen LogP) is 3.05. The van der Waals surface area contributed by atoms with Gasteiger partial charge in [-0.1, -0.05) is 0 Å². The SMILES string of the molecule is COc1ccc(Nc2ccc([N+](=O)[O-])c(C(=O)O)c2)cc1. The van der Waals surface area contributed by atoms with Gasteiger partial charge in [-0.3, -0.25) is 10.1 Å². The van der Waals surface area contributed by atoms with Crippen molar-refractivity contribution >= 4 is 23.0 Å². The fourth-order valence-corrected chi connectivity index (χ4v) is 1.79. The van der Waals surface area contributed by atoms with E-state index in [1.165, 1.54) is 12.1 Å². The Morgan fingerprint density at radius 3 is 2.33 bits per heavy atom. The minimum Gasteiger partial charge on any atom is -0.497 e. The molecule has 0 atom stereocenters. The van der Waals surface area contributed by atoms with Gasteiger partial charge >= 0.3 is 5.97 Å². The van der Waals surface area contributed by atoms with E-state index < -0.39 is 16.6 Å². The first-order chi connectivity index (χ1) is 10.0. The summed E-state index contributed by atoms with van der Waals surface area (Å²) in [6.45, 7) is 0. The van der Waals surface area contributed by atoms with Crippen LogP contribution in [0.25, 0.3) is 0 Å². The largest absolute Gasteiger partial charge is 0.497 e. The number of carbonyl (C=O) groups is 1. The fourth-order valence-electron chi connectivity index (χ4n) is 1.79. The molecule has 0 saturated carbocycles. The van der Waals surface area contributed by atoms with Crippen LogP contribution in [0.15, 0.2) is 42.5 Å². The van der Waals surface area contributed by atoms with Gasteiger partial charge < -0.3 is 15.2 Å². The van der Waals surface area contributed by atoms with Crippen LogP contribution in [0, 0.1) is 10.1 Å². The molecular formula is C14H12N2O5. The van der Waals surface area contributed by atoms with Crippen molar-refractivity contribution in [2.24, 2.45) is 0 Å². The number of carboxylic acids is 1. The van der Waals surface area contributed by atoms with Gasteiger partial charge in [0, 0.05) is 17.4 Å². The summed E-state index contributed by atoms with van der Waals surface area (Å²) in [5.74, 6) is -0.657. The highest BCUT2D eigenvalue weighted by atomic mass is 16.6. The lowest BCUT2D eigenvalue weighted by molar-refractivity contribution is -0.385. The average Bonchev–Trinajstić information content (AvgIpc) is 2.47. The zero-order valence-electron chi connectivity index (χ0n) is 11.1. The van der Waals surface area contributed by atoms with Crippen molar-refractivity contribution in [3.05, 3.63) is 58.1 Å². The van der Waals surface area contributed by atoms with Crippen LogP contribution in [0.4, 0.5) is 17.1 Å². The first-order valence-electron chi connectivity index (χ1n) is 5.94. The van der Waals surface area contributed by atoms with E-state index in [0.717, 1.165) is 6.07 Å². The standard InChI is InChI=1S/C14H12N2O5/c1-21-11-5-2-9(3-6-11)15-10-4-7-13(16(19)20)12(8-10)14(17)18/h2-8,15H,1H3,(H,17,18). The van der Waals surface area contributed by atoms with E-state index in [1.807, 2.05) is 0 Å². The zero-order valence-corrected chi connectivity index (χ0v) is 11.1. The first-order valence-corrected chi connectivity index (χ1v) is 5.94. The van der Waals surface area contributed by atoms with Crippen molar-refractivity contribution in [2.75, 3.05) is 12.4 Å². The molecule has 108 valence electrons. The Hall–Kier alpha value is -3.09. The molecular weight excluding hydrogens is 276 g/mol. The second-order valence-corrected chi connectivity index (χ2v) is 4.15. The van der Waals surface area contributed by atoms with Crippen LogP contribution in [0.5, 0.6) is 5.75 Å². The van der Waals surface area contributed by atoms with E-state index in [0.29, 0.717) is 17.1 Å². The number of hydrogen-bond donors (Lipinski definition) is 2. The molecule has 7 heteroatoms. The number of nitro benzene ring substituents is 1. The molecule has 0 radical (unpaired) electrons. The van der Waals surface area contributed by atoms with Gasteiger partial charge in [0.1, 0.15) is 11.3 Å². The van der Waals surface area contributed by atoms with Gasteiger partial charge in [-0.05, 0) is 36.4 Å². The van der Waals surface area contributed by atoms with Crippen LogP contribution in [0.2, 0.25) is 0 Å². The topological polar surface area (TPSA) is 102 Å². The summed E-state index contributed by atoms with van der Waals surface area (Å²) in [6.07, 6.45) is 0. The van der Waals surface area contributed by atoms with Crippen LogP contribution in [0.3, 0.4) is 0 Å². The normalized spacial score (nSPS) is 9.95. The molecule has 0 bridgehead atoms. The molecule has 0 spiro atoms. The zero-order chi connectivity index (χ0) is 15.4. The Labute approximate surface area is 119 Å². The van der Waals surface area contributed by atoms with Gasteiger partial charge in [-0.15, -0.1) is 0 Å². The number of carboxylic acid groups (broad SMARTS) is 1. The van der Waals surface area contributed by atoms with Gasteiger partial charge in [0.05, 0.1) is 12.0 Å². The molecule has 2 aromatic carbocycles. The van der Waals surface area contributed by atoms with Crippen molar-refractivity contribution in [3.8, 4) is 5.75 Å². The summed E-state index contributed by atoms with van der Waals surface area (Å²) in [7, 11) is 1.55. The number of nitro groups is 1. The number of benzene rings is 2. The smallest absolute Gasteiger partial charge is 0.342 e. The quantitative estimate of drug-likeness (QED) is 0.647. The summed E-state index contributed by atoms with van der Waals surface area (Å²) in [5, 5.41) is 22.8. The summed E-state index contributed by atoms with van der Waals surface area (Å²) in [4.78, 5) is 21.1. The lowest BCUT2D eigenvalue weighted by Crippen LogP contribution is -2.03. The van der Waals surface area contributed by atoms with Crippen LogP contribution in [-0.2, 0) is 0 Å². The third kappa shape index (κ3) is 3.27. The maximum absolute atomic E-state index is 11.1. The molecule has 21 heavy (non-hydrogen) atoms. The summed E-state index contributed by atoms with van der Waals surface area (Å²) >= 11 is 0. The van der Waals surface area contributed by atoms with Crippen molar-refractivity contribution in [1.82, 2.24) is 0 Å². The Kier molecular flexibility index (Phi) is 4.03. The molecule has 7 nitrogen and oxygen atoms in total. The van der Waals surface area contributed by atoms with Crippen LogP contribution >= 0.6 is 0 Å². The molecule has 0 aliphatic carbocycles. The van der Waals surface area contributed by atoms with E-state index in [4.69, 9.17) is 9.84 Å². The summed E-state index contributed by atoms with van der Waals surface area (Å²) < 4.78 is 5.03. The van der Waals surface area contributed by atoms with E-state index in [9.17, 15) is 14.9 Å². The summed E-state index contributed by atoms with van der Waals surface area (Å²) in [6, 6.07) is 10.8. The number of nitrogens with one attached hydrogen (secondary N) is 1. The van der Waals surface area contributed by atoms with Crippen molar-refractivity contribution in [2.45, 2.75) is 0 Å². The van der Waals surface area contributed by atoms with Crippen LogP contribution in [-0.4, -0.2) is 23.1 Å². The van der Waals surface area contributed by atoms with E-state index >= 15 is 0 Å². The third-order valence-electron chi connectivity index (χ3n) is 2.80. The Morgan fingerprint density at radius 1 is 1.19 bits per heavy atom. The number of ether oxygens (including phenoxy) is 1. The minimum absolute atomic E-state index is 0.362. The number of anilines is 2. The molecule has 2 rings (SSSR count). The van der Waals surface area contributed by atoms with Gasteiger partial charge in [0.25, 0.3) is 5.69 Å². The lowest BCUT2D eigenvalue weighted by Gasteiger charge is -2.08. The Balaban J connectivity index is 2.29. The number of rotatable bonds is 5. The van der Waals surface area contributed by atoms with Gasteiger partial charge in [-0.25, -0.2) is 4.79 Å². The molecule has 0 aliphatic heterocycles. The van der Waals surface area contributed by atoms with Crippen LogP contribution < -0.4 is 10.1 Å². The highest BCUT2D eigenvalue weighted by Crippen LogP contribution is 2.25. The molecule has 2 aromatic rings. The number of hydrogen-bond acceptors (Lipinski definition) is 5. The van der Waals surface area contributed by atoms with E-state index in [2.05, 4.69) is 5.32 Å². The molecule has 0 unspecified atom stereocenters. The average molecular weight is 288 g/mol. The molecule has 0 aliphatic rings. The highest BCUT2D eigenvalue weighted by molar-refractivity contribution is 5.93. The maximum Gasteiger partial charge on any atom is 0.342 e. The van der Waals surface area contributed by atoms with Gasteiger partial charge in [-0.2, -0.15) is 0 Å². The summed E-state index contributed by atoms with van der Waals surface area (Å²) in [5.41, 5.74) is 0.352. The highest BCUT2D eigenvalue weighted by Gasteiger charge is 2.19. The van der Waals surface area contributed by atoms with E-state index in [-0.39, 0.29) is 5.56 Å². The minimum atomic E-state index is -1.35. The molecule has 0 fully saturated rings. The number of methoxy groups -OCH3 is 1. The maximum atomic E-state index is 11.1. The molecule has 0 amide bonds. The van der Waals surface area contributed by atoms with Gasteiger partial charge in [0.2, 0.25) is 0 Å². The monoisotopic (exact) mass is 288 g/mol. The molecule has 0 heterocycles. The number of aromatic carboxylic acids is 1. The number of nitrogens with zero attached hydrogens (tertiary/aromatic N) is 1.